The van der Waals surface area contributed by atoms with Crippen molar-refractivity contribution in [1.29, 1.82) is 0 Å². The summed E-state index contributed by atoms with van der Waals surface area (Å²) in [5.41, 5.74) is 3.98. The summed E-state index contributed by atoms with van der Waals surface area (Å²) in [6.45, 7) is 15.6. The molecule has 6 rings (SSSR count). The van der Waals surface area contributed by atoms with Gasteiger partial charge in [0.2, 0.25) is 12.7 Å². The maximum Gasteiger partial charge on any atom is 0.421 e. The van der Waals surface area contributed by atoms with Gasteiger partial charge in [-0.2, -0.15) is 4.98 Å². The van der Waals surface area contributed by atoms with Crippen LogP contribution in [0.15, 0.2) is 60.8 Å². The number of benzene rings is 3. The number of carbonyl (C=O) groups is 1. The first-order valence-electron chi connectivity index (χ1n) is 16.6. The lowest BCUT2D eigenvalue weighted by Gasteiger charge is -2.36. The Morgan fingerprint density at radius 1 is 0.980 bits per heavy atom. The predicted octanol–water partition coefficient (Wildman–Crippen LogP) is 6.62. The predicted molar refractivity (Wildman–Crippen MR) is 186 cm³/mol. The van der Waals surface area contributed by atoms with Crippen LogP contribution in [0.5, 0.6) is 23.0 Å². The molecule has 2 aliphatic heterocycles. The number of hydrogen-bond donors (Lipinski definition) is 1. The number of aromatic nitrogens is 2. The van der Waals surface area contributed by atoms with E-state index in [1.165, 1.54) is 17.2 Å². The minimum Gasteiger partial charge on any atom is -0.489 e. The number of halogens is 1. The zero-order valence-electron chi connectivity index (χ0n) is 28.7. The van der Waals surface area contributed by atoms with Crippen molar-refractivity contribution >= 4 is 23.5 Å². The van der Waals surface area contributed by atoms with E-state index in [4.69, 9.17) is 18.9 Å². The van der Waals surface area contributed by atoms with Gasteiger partial charge < -0.3 is 24.3 Å². The Hall–Kier alpha value is -4.94. The molecule has 1 aromatic heterocycles. The van der Waals surface area contributed by atoms with E-state index in [-0.39, 0.29) is 30.9 Å². The normalized spacial score (nSPS) is 14.6. The van der Waals surface area contributed by atoms with E-state index in [0.29, 0.717) is 35.6 Å². The Labute approximate surface area is 286 Å². The van der Waals surface area contributed by atoms with E-state index < -0.39 is 11.9 Å². The van der Waals surface area contributed by atoms with Gasteiger partial charge in [-0.05, 0) is 81.6 Å². The van der Waals surface area contributed by atoms with Gasteiger partial charge in [0.15, 0.2) is 23.1 Å². The van der Waals surface area contributed by atoms with Crippen molar-refractivity contribution in [1.82, 2.24) is 19.8 Å². The lowest BCUT2D eigenvalue weighted by atomic mass is 10.1. The Morgan fingerprint density at radius 3 is 2.47 bits per heavy atom. The highest BCUT2D eigenvalue weighted by Crippen LogP contribution is 2.34. The molecule has 0 atom stereocenters. The van der Waals surface area contributed by atoms with E-state index in [1.807, 2.05) is 45.0 Å². The molecule has 1 fully saturated rings. The van der Waals surface area contributed by atoms with Crippen LogP contribution >= 0.6 is 0 Å². The number of piperazine rings is 1. The molecule has 0 aliphatic carbocycles. The average Bonchev–Trinajstić information content (AvgIpc) is 3.55. The van der Waals surface area contributed by atoms with Gasteiger partial charge in [-0.25, -0.2) is 14.2 Å². The second kappa shape index (κ2) is 15.1. The summed E-state index contributed by atoms with van der Waals surface area (Å²) in [5.74, 6) is 1.88. The number of anilines is 3. The van der Waals surface area contributed by atoms with E-state index in [1.54, 1.807) is 24.3 Å². The molecular weight excluding hydrogens is 627 g/mol. The first kappa shape index (κ1) is 33.9. The first-order chi connectivity index (χ1) is 23.6. The molecule has 12 heteroatoms. The maximum atomic E-state index is 15.1. The van der Waals surface area contributed by atoms with Crippen LogP contribution in [-0.2, 0) is 6.54 Å². The number of carbonyl (C=O) groups excluding carboxylic acids is 1. The van der Waals surface area contributed by atoms with Crippen molar-refractivity contribution in [2.45, 2.75) is 47.2 Å². The van der Waals surface area contributed by atoms with Crippen LogP contribution in [0.1, 0.15) is 36.1 Å². The van der Waals surface area contributed by atoms with Gasteiger partial charge >= 0.3 is 6.09 Å². The quantitative estimate of drug-likeness (QED) is 0.187. The Balaban J connectivity index is 1.15. The molecule has 1 saturated heterocycles. The summed E-state index contributed by atoms with van der Waals surface area (Å²) in [6, 6.07) is 16.2. The summed E-state index contributed by atoms with van der Waals surface area (Å²) in [5, 5.41) is 3.05. The van der Waals surface area contributed by atoms with E-state index in [2.05, 4.69) is 38.9 Å². The lowest BCUT2D eigenvalue weighted by Crippen LogP contribution is -2.49. The number of fused-ring (bicyclic) bond motifs is 1. The molecule has 0 unspecified atom stereocenters. The van der Waals surface area contributed by atoms with Gasteiger partial charge in [-0.1, -0.05) is 23.8 Å². The molecule has 4 aromatic rings. The highest BCUT2D eigenvalue weighted by atomic mass is 19.1. The van der Waals surface area contributed by atoms with Crippen molar-refractivity contribution in [3.63, 3.8) is 0 Å². The molecule has 3 heterocycles. The average molecular weight is 671 g/mol. The van der Waals surface area contributed by atoms with Crippen LogP contribution in [0.2, 0.25) is 0 Å². The highest BCUT2D eigenvalue weighted by Gasteiger charge is 2.24. The molecule has 0 radical (unpaired) electrons. The van der Waals surface area contributed by atoms with Crippen molar-refractivity contribution in [2.75, 3.05) is 56.3 Å². The van der Waals surface area contributed by atoms with Crippen molar-refractivity contribution < 1.29 is 28.1 Å². The minimum atomic E-state index is -0.619. The van der Waals surface area contributed by atoms with Crippen LogP contribution in [0, 0.1) is 26.6 Å². The van der Waals surface area contributed by atoms with Gasteiger partial charge in [0.1, 0.15) is 18.2 Å². The lowest BCUT2D eigenvalue weighted by molar-refractivity contribution is 0.0965. The number of amides is 1. The second-order valence-electron chi connectivity index (χ2n) is 12.7. The third-order valence-corrected chi connectivity index (χ3v) is 8.70. The fraction of sp³-hybridized carbons (Fsp3) is 0.378. The molecule has 0 spiro atoms. The van der Waals surface area contributed by atoms with Gasteiger partial charge in [-0.3, -0.25) is 14.7 Å². The van der Waals surface area contributed by atoms with E-state index >= 15 is 4.39 Å². The molecule has 0 bridgehead atoms. The Kier molecular flexibility index (Phi) is 10.4. The van der Waals surface area contributed by atoms with Crippen molar-refractivity contribution in [3.8, 4) is 23.0 Å². The van der Waals surface area contributed by atoms with Gasteiger partial charge in [-0.15, -0.1) is 0 Å². The highest BCUT2D eigenvalue weighted by molar-refractivity contribution is 5.88. The number of nitrogens with one attached hydrogen (secondary N) is 1. The SMILES string of the molecule is Cc1cc(C)c(OC(=O)N(Cc2ccc3c(c2)OCO3)c2ccnc(Nc3ccc(OCCN4CCN(C(C)C)CC4)c(F)c3)n2)c(C)c1. The zero-order chi connectivity index (χ0) is 34.5. The molecule has 11 nitrogen and oxygen atoms in total. The van der Waals surface area contributed by atoms with Crippen LogP contribution in [0.25, 0.3) is 0 Å². The van der Waals surface area contributed by atoms with Crippen molar-refractivity contribution in [3.05, 3.63) is 88.9 Å². The maximum absolute atomic E-state index is 15.1. The molecule has 258 valence electrons. The van der Waals surface area contributed by atoms with Crippen LogP contribution < -0.4 is 29.2 Å². The first-order valence-corrected chi connectivity index (χ1v) is 16.6. The molecule has 0 saturated carbocycles. The number of aryl methyl sites for hydroxylation is 3. The number of hydrogen-bond acceptors (Lipinski definition) is 10. The second-order valence-corrected chi connectivity index (χ2v) is 12.7. The van der Waals surface area contributed by atoms with Crippen LogP contribution in [0.3, 0.4) is 0 Å². The monoisotopic (exact) mass is 670 g/mol. The fourth-order valence-electron chi connectivity index (χ4n) is 6.10. The standard InChI is InChI=1S/C37H43FN6O5/c1-24(2)43-14-12-42(13-15-43)16-17-46-31-9-7-29(21-30(31)38)40-36-39-11-10-34(41-36)44(22-28-6-8-32-33(20-28)48-23-47-32)37(45)49-35-26(4)18-25(3)19-27(35)5/h6-11,18-21,24H,12-17,22-23H2,1-5H3,(H,39,40,41). The van der Waals surface area contributed by atoms with Crippen LogP contribution in [0.4, 0.5) is 26.6 Å². The van der Waals surface area contributed by atoms with E-state index in [9.17, 15) is 4.79 Å². The summed E-state index contributed by atoms with van der Waals surface area (Å²) in [7, 11) is 0. The molecule has 2 aliphatic rings. The smallest absolute Gasteiger partial charge is 0.421 e. The molecule has 1 amide bonds. The molecule has 49 heavy (non-hydrogen) atoms. The zero-order valence-corrected chi connectivity index (χ0v) is 28.7. The fourth-order valence-corrected chi connectivity index (χ4v) is 6.10. The number of nitrogens with zero attached hydrogens (tertiary/aromatic N) is 5. The third-order valence-electron chi connectivity index (χ3n) is 8.70. The minimum absolute atomic E-state index is 0.129. The third kappa shape index (κ3) is 8.38. The largest absolute Gasteiger partial charge is 0.489 e. The number of rotatable bonds is 11. The molecule has 1 N–H and O–H groups in total. The summed E-state index contributed by atoms with van der Waals surface area (Å²) in [6.07, 6.45) is 0.911. The summed E-state index contributed by atoms with van der Waals surface area (Å²) in [4.78, 5) is 29.0. The van der Waals surface area contributed by atoms with Gasteiger partial charge in [0, 0.05) is 56.7 Å². The van der Waals surface area contributed by atoms with Gasteiger partial charge in [0.25, 0.3) is 0 Å². The van der Waals surface area contributed by atoms with Gasteiger partial charge in [0.05, 0.1) is 6.54 Å². The Bertz CT molecular complexity index is 1770. The van der Waals surface area contributed by atoms with Crippen molar-refractivity contribution in [2.24, 2.45) is 0 Å². The van der Waals surface area contributed by atoms with Crippen LogP contribution in [-0.4, -0.2) is 78.0 Å². The number of ether oxygens (including phenoxy) is 4. The summed E-state index contributed by atoms with van der Waals surface area (Å²) >= 11 is 0. The molecular formula is C37H43FN6O5. The Morgan fingerprint density at radius 2 is 1.73 bits per heavy atom. The molecule has 3 aromatic carbocycles. The van der Waals surface area contributed by atoms with E-state index in [0.717, 1.165) is 55.0 Å². The topological polar surface area (TPSA) is 102 Å². The summed E-state index contributed by atoms with van der Waals surface area (Å²) < 4.78 is 37.9.